The highest BCUT2D eigenvalue weighted by molar-refractivity contribution is 9.08. The smallest absolute Gasteiger partial charge is 0.410 e. The second kappa shape index (κ2) is 54.6. The van der Waals surface area contributed by atoms with Crippen LogP contribution in [0.4, 0.5) is 4.79 Å². The predicted molar refractivity (Wildman–Crippen MR) is 523 cm³/mol. The van der Waals surface area contributed by atoms with Crippen LogP contribution in [-0.2, 0) is 26.1 Å². The number of para-hydroxylation sites is 2. The van der Waals surface area contributed by atoms with Gasteiger partial charge in [0.15, 0.2) is 0 Å². The Morgan fingerprint density at radius 1 is 0.488 bits per heavy atom. The van der Waals surface area contributed by atoms with Crippen LogP contribution in [0.3, 0.4) is 0 Å². The molecule has 0 aliphatic carbocycles. The number of nitrogens with zero attached hydrogens (tertiary/aromatic N) is 6. The Labute approximate surface area is 766 Å². The minimum absolute atomic E-state index is 0. The van der Waals surface area contributed by atoms with Gasteiger partial charge in [-0.25, -0.2) is 14.4 Å². The number of H-pyrrole nitrogens is 1. The summed E-state index contributed by atoms with van der Waals surface area (Å²) in [5, 5.41) is 4.16. The molecule has 34 heteroatoms. The summed E-state index contributed by atoms with van der Waals surface area (Å²) < 4.78 is 44.1. The van der Waals surface area contributed by atoms with Crippen LogP contribution >= 0.6 is 15.9 Å². The number of aromatic nitrogens is 4. The fourth-order valence-electron chi connectivity index (χ4n) is 12.9. The summed E-state index contributed by atoms with van der Waals surface area (Å²) in [4.78, 5) is 76.5. The molecule has 127 heavy (non-hydrogen) atoms. The van der Waals surface area contributed by atoms with Gasteiger partial charge in [-0.05, 0) is 169 Å². The van der Waals surface area contributed by atoms with Crippen molar-refractivity contribution < 1.29 is 47.5 Å². The normalized spacial score (nSPS) is 11.4. The standard InChI is InChI=1S/C37H38N4O5.C29H36N4O6.C13H11BrO.C13H4.CH4.B13/c1-44-23-10-24-45-32-17-9-14-30(26-32)41-34(29-12-4-2-5-13-29)35(36(42)39-21-19-38-20-22-39)40(37(41)43)27-28-11-8-18-33(25-28)46-31-15-6-3-7-16-31;1-29(2,3)39-28(36)32-16-14-31(15-17-32)26(34)24-25(21-10-6-5-7-11-21)33(27(35)30-24)22-12-8-13-23(20-22)38-19-9-18-37-4;14-10-11-5-4-8-13(9-11)15-12-6-2-1-3-7-12;1-3-5-7-9-11-13-12-10-8-6-4-2;;1-8-12(9(2)3)13(10(4)5)11(6)7/h2-9,11-18,25-26,38H,10,19-24,27H2,1H3;5-8,10-13,20H,9,14-19H2,1-4H3,(H,30,35);1-9H,10H2;1-2H2;1H4;. The van der Waals surface area contributed by atoms with Crippen LogP contribution in [0.15, 0.2) is 304 Å². The van der Waals surface area contributed by atoms with Crippen molar-refractivity contribution in [3.8, 4) is 68.4 Å². The zero-order valence-electron chi connectivity index (χ0n) is 71.5. The number of hydrogen-bond acceptors (Lipinski definition) is 13. The molecule has 2 N–H and O–H groups in total. The molecule has 2 aliphatic rings. The van der Waals surface area contributed by atoms with Crippen LogP contribution in [0.25, 0.3) is 33.9 Å². The van der Waals surface area contributed by atoms with Crippen molar-refractivity contribution in [1.29, 1.82) is 0 Å². The lowest BCUT2D eigenvalue weighted by atomic mass is 8.50. The number of rotatable bonds is 28. The topological polar surface area (TPSA) is 202 Å². The largest absolute Gasteiger partial charge is 0.493 e. The molecule has 0 unspecified atom stereocenters. The molecule has 0 spiro atoms. The lowest BCUT2D eigenvalue weighted by molar-refractivity contribution is 0.0140. The molecular weight excluding hydrogens is 1640 g/mol. The maximum atomic E-state index is 14.6. The third kappa shape index (κ3) is 32.6. The molecule has 0 bridgehead atoms. The molecule has 2 aliphatic heterocycles. The number of ether oxygens (including phenoxy) is 7. The monoisotopic (exact) mass is 1740 g/mol. The Kier molecular flexibility index (Phi) is 43.7. The molecule has 2 aromatic heterocycles. The number of amides is 3. The van der Waals surface area contributed by atoms with Crippen molar-refractivity contribution in [2.45, 2.75) is 58.5 Å². The lowest BCUT2D eigenvalue weighted by Gasteiger charge is -2.35. The molecule has 3 amide bonds. The average Bonchev–Trinajstić information content (AvgIpc) is 1.59. The maximum absolute atomic E-state index is 14.6. The number of piperazine rings is 2. The van der Waals surface area contributed by atoms with Gasteiger partial charge in [0.1, 0.15) is 51.5 Å². The number of hydrogen-bond donors (Lipinski definition) is 2. The SMILES string of the molecule is BrCc1cccc(Oc2ccccc2)c1.C.C=C=C=C=C=C=C=C=C=C=C=C=C.COCCCOc1cccc(-n2c(-c3ccccc3)c(C(=O)N3CCN(C(=O)OC(C)(C)C)CC3)[nH]c2=O)c1.COCCCOc1cccc(-n2c(-c3ccccc3)c(C(=O)N3CCNCC3)n(Cc3cccc(Oc4ccccc4)c3)c2=O)c1.[B][B]B(B([B])[B])B(B([B])[B])B([B])[B]. The quantitative estimate of drug-likeness (QED) is 0.0203. The third-order valence-electron chi connectivity index (χ3n) is 18.8. The van der Waals surface area contributed by atoms with Crippen LogP contribution in [0, 0.1) is 0 Å². The Morgan fingerprint density at radius 2 is 0.906 bits per heavy atom. The van der Waals surface area contributed by atoms with E-state index < -0.39 is 42.9 Å². The Morgan fingerprint density at radius 3 is 1.35 bits per heavy atom. The van der Waals surface area contributed by atoms with E-state index in [0.29, 0.717) is 130 Å². The first-order valence-corrected chi connectivity index (χ1v) is 41.7. The number of nitrogens with one attached hydrogen (secondary N) is 2. The van der Waals surface area contributed by atoms with Crippen molar-refractivity contribution in [2.75, 3.05) is 93.0 Å². The molecule has 4 heterocycles. The molecule has 15 radical (unpaired) electrons. The first kappa shape index (κ1) is 102. The molecular formula is C93H93B13BrN8O12. The van der Waals surface area contributed by atoms with Crippen LogP contribution < -0.4 is 35.6 Å². The van der Waals surface area contributed by atoms with Crippen LogP contribution in [0.5, 0.6) is 34.5 Å². The average molecular weight is 1740 g/mol. The van der Waals surface area contributed by atoms with E-state index in [9.17, 15) is 24.0 Å². The number of benzene rings is 8. The molecule has 2 fully saturated rings. The van der Waals surface area contributed by atoms with E-state index in [4.69, 9.17) is 87.3 Å². The number of methoxy groups -OCH3 is 2. The summed E-state index contributed by atoms with van der Waals surface area (Å²) in [6.07, 6.45) is -1.80. The van der Waals surface area contributed by atoms with E-state index in [1.165, 1.54) is 17.2 Å². The first-order chi connectivity index (χ1) is 61.0. The molecule has 10 aromatic rings. The van der Waals surface area contributed by atoms with E-state index in [0.717, 1.165) is 46.4 Å². The molecule has 20 nitrogen and oxygen atoms in total. The van der Waals surface area contributed by atoms with Crippen molar-refractivity contribution in [3.63, 3.8) is 0 Å². The fourth-order valence-corrected chi connectivity index (χ4v) is 13.3. The number of aromatic amines is 1. The number of halogens is 1. The summed E-state index contributed by atoms with van der Waals surface area (Å²) in [5.74, 6) is 3.86. The van der Waals surface area contributed by atoms with Gasteiger partial charge in [-0.1, -0.05) is 168 Å². The molecule has 2 saturated heterocycles. The summed E-state index contributed by atoms with van der Waals surface area (Å²) in [5.41, 5.74) is 31.9. The van der Waals surface area contributed by atoms with Gasteiger partial charge >= 0.3 is 17.5 Å². The highest BCUT2D eigenvalue weighted by Crippen LogP contribution is 2.33. The van der Waals surface area contributed by atoms with Crippen molar-refractivity contribution in [1.82, 2.24) is 38.7 Å². The number of carbonyl (C=O) groups is 3. The van der Waals surface area contributed by atoms with E-state index in [2.05, 4.69) is 108 Å². The summed E-state index contributed by atoms with van der Waals surface area (Å²) >= 11 is 3.42. The lowest BCUT2D eigenvalue weighted by Crippen LogP contribution is -2.69. The predicted octanol–water partition coefficient (Wildman–Crippen LogP) is 12.1. The van der Waals surface area contributed by atoms with Crippen molar-refractivity contribution in [2.24, 2.45) is 0 Å². The molecule has 8 aromatic carbocycles. The molecule has 623 valence electrons. The second-order valence-corrected chi connectivity index (χ2v) is 29.7. The Balaban J connectivity index is 0.000000243. The van der Waals surface area contributed by atoms with Crippen LogP contribution in [0.1, 0.15) is 73.1 Å². The molecule has 0 atom stereocenters. The van der Waals surface area contributed by atoms with E-state index in [1.54, 1.807) is 45.3 Å². The zero-order chi connectivity index (χ0) is 90.6. The number of imidazole rings is 2. The summed E-state index contributed by atoms with van der Waals surface area (Å²) in [6, 6.07) is 68.6. The highest BCUT2D eigenvalue weighted by Gasteiger charge is 2.35. The van der Waals surface area contributed by atoms with E-state index in [1.807, 2.05) is 226 Å². The molecule has 0 saturated carbocycles. The van der Waals surface area contributed by atoms with Crippen LogP contribution in [-0.4, -0.2) is 243 Å². The van der Waals surface area contributed by atoms with Gasteiger partial charge in [-0.2, -0.15) is 0 Å². The van der Waals surface area contributed by atoms with Gasteiger partial charge in [0, 0.05) is 214 Å². The Bertz CT molecular complexity index is 5700. The van der Waals surface area contributed by atoms with Gasteiger partial charge in [-0.3, -0.25) is 23.3 Å². The number of alkyl halides is 1. The number of carbonyl (C=O) groups excluding carboxylic acids is 3. The van der Waals surface area contributed by atoms with Crippen molar-refractivity contribution >= 4 is 127 Å². The highest BCUT2D eigenvalue weighted by atomic mass is 79.9. The van der Waals surface area contributed by atoms with Crippen molar-refractivity contribution in [3.05, 3.63) is 338 Å². The summed E-state index contributed by atoms with van der Waals surface area (Å²) in [7, 11) is 42.8. The minimum atomic E-state index is -0.695. The van der Waals surface area contributed by atoms with Gasteiger partial charge in [0.2, 0.25) is 0 Å². The minimum Gasteiger partial charge on any atom is -0.493 e. The Hall–Kier alpha value is -12.3. The second-order valence-electron chi connectivity index (χ2n) is 29.1. The van der Waals surface area contributed by atoms with E-state index in [-0.39, 0.29) is 43.6 Å². The first-order valence-electron chi connectivity index (χ1n) is 40.6. The zero-order valence-corrected chi connectivity index (χ0v) is 73.1. The molecule has 12 rings (SSSR count). The van der Waals surface area contributed by atoms with Crippen LogP contribution in [0.2, 0.25) is 0 Å². The maximum Gasteiger partial charge on any atom is 0.410 e. The third-order valence-corrected chi connectivity index (χ3v) is 19.4. The van der Waals surface area contributed by atoms with Gasteiger partial charge in [0.05, 0.1) is 42.5 Å². The summed E-state index contributed by atoms with van der Waals surface area (Å²) in [6.45, 7) is 18.2. The fraction of sp³-hybridized carbons (Fsp3) is 0.247. The van der Waals surface area contributed by atoms with E-state index >= 15 is 0 Å². The van der Waals surface area contributed by atoms with Gasteiger partial charge in [-0.15, -0.1) is 0 Å². The van der Waals surface area contributed by atoms with Gasteiger partial charge in [0.25, 0.3) is 11.8 Å². The van der Waals surface area contributed by atoms with Gasteiger partial charge < -0.3 is 58.2 Å².